The summed E-state index contributed by atoms with van der Waals surface area (Å²) in [7, 11) is -2.97. The number of halogens is 3. The molecule has 4 nitrogen and oxygen atoms in total. The number of methoxy groups -OCH3 is 1. The van der Waals surface area contributed by atoms with Gasteiger partial charge in [-0.25, -0.2) is 13.2 Å². The summed E-state index contributed by atoms with van der Waals surface area (Å²) in [6.45, 7) is 0. The molecule has 1 aromatic rings. The number of esters is 1. The second kappa shape index (κ2) is 4.60. The molecule has 0 fully saturated rings. The zero-order chi connectivity index (χ0) is 14.1. The number of ether oxygens (including phenoxy) is 1. The first-order valence-electron chi connectivity index (χ1n) is 4.57. The summed E-state index contributed by atoms with van der Waals surface area (Å²) < 4.78 is 64.4. The molecule has 0 aliphatic carbocycles. The summed E-state index contributed by atoms with van der Waals surface area (Å²) in [5.41, 5.74) is -1.57. The SMILES string of the molecule is COC(=O)c1ccc(C(F)(F)F)cc1S(C)(=O)=O. The van der Waals surface area contributed by atoms with Crippen LogP contribution in [-0.4, -0.2) is 27.8 Å². The molecule has 0 heterocycles. The second-order valence-electron chi connectivity index (χ2n) is 3.47. The van der Waals surface area contributed by atoms with Gasteiger partial charge in [-0.05, 0) is 18.2 Å². The van der Waals surface area contributed by atoms with E-state index in [0.717, 1.165) is 19.4 Å². The first kappa shape index (κ1) is 14.5. The van der Waals surface area contributed by atoms with Crippen molar-refractivity contribution in [2.24, 2.45) is 0 Å². The highest BCUT2D eigenvalue weighted by Crippen LogP contribution is 2.32. The lowest BCUT2D eigenvalue weighted by Gasteiger charge is -2.11. The van der Waals surface area contributed by atoms with E-state index in [2.05, 4.69) is 4.74 Å². The maximum Gasteiger partial charge on any atom is 0.416 e. The smallest absolute Gasteiger partial charge is 0.416 e. The van der Waals surface area contributed by atoms with Crippen molar-refractivity contribution in [3.05, 3.63) is 29.3 Å². The molecule has 8 heteroatoms. The lowest BCUT2D eigenvalue weighted by Crippen LogP contribution is -2.13. The zero-order valence-electron chi connectivity index (χ0n) is 9.41. The van der Waals surface area contributed by atoms with Gasteiger partial charge in [-0.3, -0.25) is 0 Å². The monoisotopic (exact) mass is 282 g/mol. The first-order valence-corrected chi connectivity index (χ1v) is 6.46. The fourth-order valence-electron chi connectivity index (χ4n) is 1.28. The van der Waals surface area contributed by atoms with Crippen LogP contribution in [0.4, 0.5) is 13.2 Å². The predicted octanol–water partition coefficient (Wildman–Crippen LogP) is 1.90. The molecule has 0 aliphatic rings. The maximum atomic E-state index is 12.5. The van der Waals surface area contributed by atoms with Gasteiger partial charge < -0.3 is 4.74 Å². The van der Waals surface area contributed by atoms with E-state index in [9.17, 15) is 26.4 Å². The number of hydrogen-bond acceptors (Lipinski definition) is 4. The molecule has 1 rings (SSSR count). The fourth-order valence-corrected chi connectivity index (χ4v) is 2.18. The van der Waals surface area contributed by atoms with Gasteiger partial charge in [-0.1, -0.05) is 0 Å². The van der Waals surface area contributed by atoms with Gasteiger partial charge in [0, 0.05) is 6.26 Å². The highest BCUT2D eigenvalue weighted by Gasteiger charge is 2.33. The van der Waals surface area contributed by atoms with Crippen LogP contribution in [0.2, 0.25) is 0 Å². The average molecular weight is 282 g/mol. The van der Waals surface area contributed by atoms with E-state index in [1.54, 1.807) is 0 Å². The Kier molecular flexibility index (Phi) is 3.70. The van der Waals surface area contributed by atoms with E-state index >= 15 is 0 Å². The quantitative estimate of drug-likeness (QED) is 0.777. The topological polar surface area (TPSA) is 60.4 Å². The van der Waals surface area contributed by atoms with Crippen LogP contribution in [0.5, 0.6) is 0 Å². The third-order valence-corrected chi connectivity index (χ3v) is 3.25. The second-order valence-corrected chi connectivity index (χ2v) is 5.46. The van der Waals surface area contributed by atoms with Crippen LogP contribution in [0.25, 0.3) is 0 Å². The summed E-state index contributed by atoms with van der Waals surface area (Å²) in [4.78, 5) is 10.6. The molecule has 0 atom stereocenters. The fraction of sp³-hybridized carbons (Fsp3) is 0.300. The summed E-state index contributed by atoms with van der Waals surface area (Å²) in [5, 5.41) is 0. The lowest BCUT2D eigenvalue weighted by molar-refractivity contribution is -0.137. The van der Waals surface area contributed by atoms with Crippen molar-refractivity contribution in [1.29, 1.82) is 0 Å². The Labute approximate surface area is 101 Å². The molecule has 1 aromatic carbocycles. The molecule has 0 bridgehead atoms. The van der Waals surface area contributed by atoms with Gasteiger partial charge in [0.25, 0.3) is 0 Å². The number of rotatable bonds is 2. The van der Waals surface area contributed by atoms with E-state index in [1.807, 2.05) is 0 Å². The van der Waals surface area contributed by atoms with E-state index in [-0.39, 0.29) is 0 Å². The molecule has 0 aromatic heterocycles. The molecule has 18 heavy (non-hydrogen) atoms. The van der Waals surface area contributed by atoms with Crippen molar-refractivity contribution in [3.63, 3.8) is 0 Å². The molecule has 100 valence electrons. The van der Waals surface area contributed by atoms with Crippen molar-refractivity contribution in [1.82, 2.24) is 0 Å². The number of sulfone groups is 1. The van der Waals surface area contributed by atoms with E-state index in [1.165, 1.54) is 0 Å². The van der Waals surface area contributed by atoms with E-state index in [4.69, 9.17) is 0 Å². The predicted molar refractivity (Wildman–Crippen MR) is 55.9 cm³/mol. The molecule has 0 spiro atoms. The molecule has 0 N–H and O–H groups in total. The standard InChI is InChI=1S/C10H9F3O4S/c1-17-9(14)7-4-3-6(10(11,12)13)5-8(7)18(2,15)16/h3-5H,1-2H3. The molecule has 0 saturated heterocycles. The minimum Gasteiger partial charge on any atom is -0.465 e. The number of hydrogen-bond donors (Lipinski definition) is 0. The molecule has 0 amide bonds. The number of benzene rings is 1. The van der Waals surface area contributed by atoms with Crippen LogP contribution in [0.3, 0.4) is 0 Å². The Morgan fingerprint density at radius 1 is 1.28 bits per heavy atom. The van der Waals surface area contributed by atoms with Gasteiger partial charge in [-0.15, -0.1) is 0 Å². The molecule has 0 aliphatic heterocycles. The van der Waals surface area contributed by atoms with Crippen LogP contribution in [0.15, 0.2) is 23.1 Å². The summed E-state index contributed by atoms with van der Waals surface area (Å²) >= 11 is 0. The third kappa shape index (κ3) is 3.00. The molecular formula is C10H9F3O4S. The molecule has 0 unspecified atom stereocenters. The number of carbonyl (C=O) groups excluding carboxylic acids is 1. The Morgan fingerprint density at radius 2 is 1.83 bits per heavy atom. The van der Waals surface area contributed by atoms with Crippen molar-refractivity contribution >= 4 is 15.8 Å². The summed E-state index contributed by atoms with van der Waals surface area (Å²) in [6, 6.07) is 1.83. The van der Waals surface area contributed by atoms with Gasteiger partial charge in [0.15, 0.2) is 9.84 Å². The normalized spacial score (nSPS) is 12.3. The van der Waals surface area contributed by atoms with Gasteiger partial charge in [0.1, 0.15) is 0 Å². The average Bonchev–Trinajstić information content (AvgIpc) is 2.24. The van der Waals surface area contributed by atoms with Gasteiger partial charge >= 0.3 is 12.1 Å². The van der Waals surface area contributed by atoms with Crippen molar-refractivity contribution in [2.45, 2.75) is 11.1 Å². The number of carbonyl (C=O) groups is 1. The summed E-state index contributed by atoms with van der Waals surface area (Å²) in [5.74, 6) is -1.01. The molecular weight excluding hydrogens is 273 g/mol. The van der Waals surface area contributed by atoms with Crippen molar-refractivity contribution < 1.29 is 31.1 Å². The highest BCUT2D eigenvalue weighted by atomic mass is 32.2. The molecule has 0 saturated carbocycles. The minimum atomic E-state index is -4.69. The Bertz CT molecular complexity index is 575. The van der Waals surface area contributed by atoms with Gasteiger partial charge in [0.2, 0.25) is 0 Å². The van der Waals surface area contributed by atoms with Crippen LogP contribution in [0, 0.1) is 0 Å². The van der Waals surface area contributed by atoms with Crippen molar-refractivity contribution in [2.75, 3.05) is 13.4 Å². The minimum absolute atomic E-state index is 0.418. The molecule has 0 radical (unpaired) electrons. The Hall–Kier alpha value is -1.57. The van der Waals surface area contributed by atoms with Crippen LogP contribution < -0.4 is 0 Å². The Morgan fingerprint density at radius 3 is 2.22 bits per heavy atom. The largest absolute Gasteiger partial charge is 0.465 e. The first-order chi connectivity index (χ1) is 8.07. The van der Waals surface area contributed by atoms with Crippen LogP contribution in [-0.2, 0) is 20.8 Å². The van der Waals surface area contributed by atoms with Crippen molar-refractivity contribution in [3.8, 4) is 0 Å². The van der Waals surface area contributed by atoms with E-state index < -0.39 is 38.0 Å². The third-order valence-electron chi connectivity index (χ3n) is 2.11. The van der Waals surface area contributed by atoms with E-state index in [0.29, 0.717) is 12.1 Å². The zero-order valence-corrected chi connectivity index (χ0v) is 10.2. The van der Waals surface area contributed by atoms with Crippen LogP contribution in [0.1, 0.15) is 15.9 Å². The number of alkyl halides is 3. The van der Waals surface area contributed by atoms with Gasteiger partial charge in [0.05, 0.1) is 23.1 Å². The highest BCUT2D eigenvalue weighted by molar-refractivity contribution is 7.90. The Balaban J connectivity index is 3.55. The lowest BCUT2D eigenvalue weighted by atomic mass is 10.1. The van der Waals surface area contributed by atoms with Gasteiger partial charge in [-0.2, -0.15) is 13.2 Å². The van der Waals surface area contributed by atoms with Crippen LogP contribution >= 0.6 is 0 Å². The summed E-state index contributed by atoms with van der Waals surface area (Å²) in [6.07, 6.45) is -3.97. The maximum absolute atomic E-state index is 12.5.